The zero-order valence-corrected chi connectivity index (χ0v) is 11.2. The van der Waals surface area contributed by atoms with Gasteiger partial charge >= 0.3 is 0 Å². The Balaban J connectivity index is 2.31. The van der Waals surface area contributed by atoms with Crippen LogP contribution in [-0.4, -0.2) is 24.0 Å². The van der Waals surface area contributed by atoms with Crippen LogP contribution in [0.1, 0.15) is 58.3 Å². The highest BCUT2D eigenvalue weighted by molar-refractivity contribution is 5.15. The van der Waals surface area contributed by atoms with Gasteiger partial charge in [-0.2, -0.15) is 5.26 Å². The van der Waals surface area contributed by atoms with Gasteiger partial charge in [0.15, 0.2) is 0 Å². The molecule has 0 radical (unpaired) electrons. The van der Waals surface area contributed by atoms with Crippen molar-refractivity contribution in [2.24, 2.45) is 0 Å². The molecule has 1 saturated carbocycles. The van der Waals surface area contributed by atoms with E-state index in [1.807, 2.05) is 0 Å². The number of hydrogen-bond donors (Lipinski definition) is 0. The van der Waals surface area contributed by atoms with Crippen LogP contribution in [-0.2, 0) is 0 Å². The fourth-order valence-electron chi connectivity index (χ4n) is 2.76. The number of rotatable bonds is 7. The van der Waals surface area contributed by atoms with Crippen molar-refractivity contribution in [3.8, 4) is 6.07 Å². The van der Waals surface area contributed by atoms with E-state index in [1.165, 1.54) is 45.1 Å². The second-order valence-corrected chi connectivity index (χ2v) is 5.15. The van der Waals surface area contributed by atoms with Gasteiger partial charge in [-0.15, -0.1) is 0 Å². The summed E-state index contributed by atoms with van der Waals surface area (Å²) >= 11 is 0. The highest BCUT2D eigenvalue weighted by Crippen LogP contribution is 2.23. The Morgan fingerprint density at radius 1 is 1.29 bits per heavy atom. The van der Waals surface area contributed by atoms with Gasteiger partial charge in [-0.3, -0.25) is 0 Å². The lowest BCUT2D eigenvalue weighted by molar-refractivity contribution is 0.154. The molecule has 0 N–H and O–H groups in total. The van der Waals surface area contributed by atoms with Gasteiger partial charge in [0.1, 0.15) is 0 Å². The third kappa shape index (κ3) is 5.37. The third-order valence-corrected chi connectivity index (χ3v) is 3.68. The molecule has 0 aliphatic heterocycles. The third-order valence-electron chi connectivity index (χ3n) is 3.68. The lowest BCUT2D eigenvalue weighted by Crippen LogP contribution is -2.38. The summed E-state index contributed by atoms with van der Waals surface area (Å²) < 4.78 is 0. The highest BCUT2D eigenvalue weighted by atomic mass is 15.1. The van der Waals surface area contributed by atoms with Crippen molar-refractivity contribution in [2.45, 2.75) is 64.3 Å². The van der Waals surface area contributed by atoms with Gasteiger partial charge in [-0.05, 0) is 45.2 Å². The molecule has 1 rings (SSSR count). The van der Waals surface area contributed by atoms with Crippen LogP contribution in [0.3, 0.4) is 0 Å². The zero-order chi connectivity index (χ0) is 12.5. The van der Waals surface area contributed by atoms with E-state index in [1.54, 1.807) is 0 Å². The van der Waals surface area contributed by atoms with Gasteiger partial charge < -0.3 is 4.90 Å². The Morgan fingerprint density at radius 2 is 2.00 bits per heavy atom. The summed E-state index contributed by atoms with van der Waals surface area (Å²) in [6, 6.07) is 2.94. The van der Waals surface area contributed by atoms with Crippen LogP contribution in [0.15, 0.2) is 12.2 Å². The van der Waals surface area contributed by atoms with Crippen molar-refractivity contribution in [2.75, 3.05) is 13.1 Å². The molecular weight excluding hydrogens is 208 g/mol. The standard InChI is InChI=1S/C15H26N2/c1-3-11-17(12-7-8-14(2)13-16)15-9-5-4-6-10-15/h15H,2-12H2,1H3. The quantitative estimate of drug-likeness (QED) is 0.625. The summed E-state index contributed by atoms with van der Waals surface area (Å²) in [4.78, 5) is 2.64. The largest absolute Gasteiger partial charge is 0.300 e. The van der Waals surface area contributed by atoms with Crippen molar-refractivity contribution in [1.29, 1.82) is 5.26 Å². The Hall–Kier alpha value is -0.810. The molecule has 2 heteroatoms. The average Bonchev–Trinajstić information content (AvgIpc) is 2.38. The van der Waals surface area contributed by atoms with Gasteiger partial charge in [0.25, 0.3) is 0 Å². The molecule has 0 aromatic heterocycles. The van der Waals surface area contributed by atoms with Gasteiger partial charge in [-0.25, -0.2) is 0 Å². The molecule has 1 fully saturated rings. The summed E-state index contributed by atoms with van der Waals surface area (Å²) in [6.07, 6.45) is 10.1. The van der Waals surface area contributed by atoms with E-state index < -0.39 is 0 Å². The second-order valence-electron chi connectivity index (χ2n) is 5.15. The maximum atomic E-state index is 8.69. The summed E-state index contributed by atoms with van der Waals surface area (Å²) in [7, 11) is 0. The van der Waals surface area contributed by atoms with Crippen LogP contribution in [0.4, 0.5) is 0 Å². The molecular formula is C15H26N2. The van der Waals surface area contributed by atoms with Crippen LogP contribution in [0, 0.1) is 11.3 Å². The minimum absolute atomic E-state index is 0.727. The van der Waals surface area contributed by atoms with Gasteiger partial charge in [0.05, 0.1) is 6.07 Å². The van der Waals surface area contributed by atoms with Crippen LogP contribution in [0.2, 0.25) is 0 Å². The Bertz CT molecular complexity index is 259. The molecule has 17 heavy (non-hydrogen) atoms. The molecule has 0 bridgehead atoms. The van der Waals surface area contributed by atoms with Gasteiger partial charge in [0, 0.05) is 11.6 Å². The summed E-state index contributed by atoms with van der Waals surface area (Å²) in [6.45, 7) is 8.35. The minimum Gasteiger partial charge on any atom is -0.300 e. The minimum atomic E-state index is 0.727. The van der Waals surface area contributed by atoms with Crippen molar-refractivity contribution in [3.05, 3.63) is 12.2 Å². The molecule has 0 spiro atoms. The molecule has 1 aliphatic rings. The zero-order valence-electron chi connectivity index (χ0n) is 11.2. The summed E-state index contributed by atoms with van der Waals surface area (Å²) in [5, 5.41) is 8.69. The fraction of sp³-hybridized carbons (Fsp3) is 0.800. The predicted octanol–water partition coefficient (Wildman–Crippen LogP) is 3.89. The molecule has 0 saturated heterocycles. The number of nitrogens with zero attached hydrogens (tertiary/aromatic N) is 2. The molecule has 2 nitrogen and oxygen atoms in total. The van der Waals surface area contributed by atoms with Crippen LogP contribution >= 0.6 is 0 Å². The molecule has 0 aromatic carbocycles. The normalized spacial score (nSPS) is 17.0. The molecule has 0 aromatic rings. The molecule has 0 amide bonds. The van der Waals surface area contributed by atoms with Crippen molar-refractivity contribution >= 4 is 0 Å². The number of nitriles is 1. The first-order chi connectivity index (χ1) is 8.27. The fourth-order valence-corrected chi connectivity index (χ4v) is 2.76. The van der Waals surface area contributed by atoms with Crippen LogP contribution in [0.5, 0.6) is 0 Å². The maximum absolute atomic E-state index is 8.69. The molecule has 1 aliphatic carbocycles. The Labute approximate surface area is 106 Å². The van der Waals surface area contributed by atoms with E-state index in [4.69, 9.17) is 5.26 Å². The van der Waals surface area contributed by atoms with Gasteiger partial charge in [0.2, 0.25) is 0 Å². The first-order valence-electron chi connectivity index (χ1n) is 7.09. The SMILES string of the molecule is C=C(C#N)CCCN(CCC)C1CCCCC1. The maximum Gasteiger partial charge on any atom is 0.0940 e. The molecule has 0 unspecified atom stereocenters. The number of allylic oxidation sites excluding steroid dienone is 1. The summed E-state index contributed by atoms with van der Waals surface area (Å²) in [5.74, 6) is 0. The van der Waals surface area contributed by atoms with E-state index in [2.05, 4.69) is 24.5 Å². The smallest absolute Gasteiger partial charge is 0.0940 e. The molecule has 0 heterocycles. The summed E-state index contributed by atoms with van der Waals surface area (Å²) in [5.41, 5.74) is 0.727. The predicted molar refractivity (Wildman–Crippen MR) is 72.7 cm³/mol. The van der Waals surface area contributed by atoms with E-state index in [-0.39, 0.29) is 0 Å². The van der Waals surface area contributed by atoms with E-state index in [0.717, 1.165) is 31.0 Å². The monoisotopic (exact) mass is 234 g/mol. The van der Waals surface area contributed by atoms with Gasteiger partial charge in [-0.1, -0.05) is 32.8 Å². The number of hydrogen-bond acceptors (Lipinski definition) is 2. The lowest BCUT2D eigenvalue weighted by Gasteiger charge is -2.34. The van der Waals surface area contributed by atoms with E-state index in [0.29, 0.717) is 0 Å². The Kier molecular flexibility index (Phi) is 6.96. The average molecular weight is 234 g/mol. The molecule has 0 atom stereocenters. The molecule has 96 valence electrons. The van der Waals surface area contributed by atoms with Crippen LogP contribution in [0.25, 0.3) is 0 Å². The lowest BCUT2D eigenvalue weighted by atomic mass is 9.94. The highest BCUT2D eigenvalue weighted by Gasteiger charge is 2.19. The van der Waals surface area contributed by atoms with Crippen molar-refractivity contribution in [1.82, 2.24) is 4.90 Å². The van der Waals surface area contributed by atoms with Crippen LogP contribution < -0.4 is 0 Å². The first kappa shape index (κ1) is 14.3. The van der Waals surface area contributed by atoms with Crippen molar-refractivity contribution in [3.63, 3.8) is 0 Å². The first-order valence-corrected chi connectivity index (χ1v) is 7.09. The van der Waals surface area contributed by atoms with Crippen molar-refractivity contribution < 1.29 is 0 Å². The van der Waals surface area contributed by atoms with E-state index in [9.17, 15) is 0 Å². The second kappa shape index (κ2) is 8.31. The van der Waals surface area contributed by atoms with E-state index >= 15 is 0 Å². The topological polar surface area (TPSA) is 27.0 Å². The Morgan fingerprint density at radius 3 is 2.59 bits per heavy atom.